The second-order valence-electron chi connectivity index (χ2n) is 6.26. The molecule has 2 saturated heterocycles. The normalized spacial score (nSPS) is 33.3. The molecule has 10 nitrogen and oxygen atoms in total. The predicted molar refractivity (Wildman–Crippen MR) is 89.5 cm³/mol. The van der Waals surface area contributed by atoms with Crippen LogP contribution in [0.2, 0.25) is 0 Å². The van der Waals surface area contributed by atoms with Gasteiger partial charge in [-0.2, -0.15) is 0 Å². The van der Waals surface area contributed by atoms with Crippen molar-refractivity contribution in [1.82, 2.24) is 19.5 Å². The van der Waals surface area contributed by atoms with Gasteiger partial charge in [-0.15, -0.1) is 0 Å². The van der Waals surface area contributed by atoms with Crippen LogP contribution < -0.4 is 4.90 Å². The molecule has 130 valence electrons. The Morgan fingerprint density at radius 1 is 1.38 bits per heavy atom. The monoisotopic (exact) mass is 355 g/mol. The van der Waals surface area contributed by atoms with Gasteiger partial charge in [0, 0.05) is 0 Å². The van der Waals surface area contributed by atoms with E-state index >= 15 is 0 Å². The second-order valence-corrected chi connectivity index (χ2v) is 8.58. The number of hydrogen-bond donors (Lipinski definition) is 2. The molecule has 12 heteroatoms. The molecule has 4 rings (SSSR count). The standard InChI is InChI=1S/C12H19BN5O5P/c1-17(2)10-7-11(15-4-14-10)18(5-16-7)12-8(19)9-6(22-12)3-21-24(13,20)23-9/h4-6,8-9,12,19-20,24H,3,13H2,1-2H3/t6-,8+,9+,12-/m1/s1. The Morgan fingerprint density at radius 3 is 2.92 bits per heavy atom. The maximum atomic E-state index is 10.6. The number of aliphatic hydroxyl groups excluding tert-OH is 1. The summed E-state index contributed by atoms with van der Waals surface area (Å²) in [4.78, 5) is 24.7. The Hall–Kier alpha value is -1.36. The third kappa shape index (κ3) is 2.48. The van der Waals surface area contributed by atoms with E-state index < -0.39 is 32.4 Å². The van der Waals surface area contributed by atoms with Crippen molar-refractivity contribution in [3.63, 3.8) is 0 Å². The number of nitrogens with zero attached hydrogens (tertiary/aromatic N) is 5. The first kappa shape index (κ1) is 16.1. The van der Waals surface area contributed by atoms with Crippen LogP contribution in [0.15, 0.2) is 12.7 Å². The molecule has 0 saturated carbocycles. The van der Waals surface area contributed by atoms with Crippen LogP contribution in [0.4, 0.5) is 5.82 Å². The molecule has 2 fully saturated rings. The molecule has 0 spiro atoms. The molecule has 2 aromatic heterocycles. The van der Waals surface area contributed by atoms with Crippen LogP contribution in [0.1, 0.15) is 6.23 Å². The van der Waals surface area contributed by atoms with Gasteiger partial charge in [0.15, 0.2) is 0 Å². The van der Waals surface area contributed by atoms with Crippen LogP contribution in [0.25, 0.3) is 11.2 Å². The maximum absolute atomic E-state index is 10.6. The summed E-state index contributed by atoms with van der Waals surface area (Å²) in [5.41, 5.74) is 1.17. The van der Waals surface area contributed by atoms with E-state index in [4.69, 9.17) is 13.8 Å². The first-order valence-electron chi connectivity index (χ1n) is 7.60. The molecule has 24 heavy (non-hydrogen) atoms. The number of hydrogen-bond acceptors (Lipinski definition) is 9. The Balaban J connectivity index is 1.70. The van der Waals surface area contributed by atoms with Gasteiger partial charge in [-0.1, -0.05) is 0 Å². The molecular formula is C12H19BN5O5P. The average Bonchev–Trinajstić information content (AvgIpc) is 3.08. The van der Waals surface area contributed by atoms with Gasteiger partial charge in [0.1, 0.15) is 0 Å². The average molecular weight is 355 g/mol. The van der Waals surface area contributed by atoms with Gasteiger partial charge >= 0.3 is 138 Å². The molecule has 2 aliphatic rings. The summed E-state index contributed by atoms with van der Waals surface area (Å²) < 4.78 is 18.4. The van der Waals surface area contributed by atoms with E-state index in [1.165, 1.54) is 13.9 Å². The summed E-state index contributed by atoms with van der Waals surface area (Å²) in [5, 5.41) is 10.6. The molecule has 0 aliphatic carbocycles. The summed E-state index contributed by atoms with van der Waals surface area (Å²) in [7, 11) is 2.05. The van der Waals surface area contributed by atoms with Crippen LogP contribution in [0.5, 0.6) is 0 Å². The summed E-state index contributed by atoms with van der Waals surface area (Å²) >= 11 is 0. The van der Waals surface area contributed by atoms with E-state index in [0.717, 1.165) is 0 Å². The summed E-state index contributed by atoms with van der Waals surface area (Å²) in [6.07, 6.45) is 0.230. The van der Waals surface area contributed by atoms with Crippen molar-refractivity contribution in [2.45, 2.75) is 24.5 Å². The van der Waals surface area contributed by atoms with E-state index in [2.05, 4.69) is 15.0 Å². The molecule has 2 aliphatic heterocycles. The topological polar surface area (TPSA) is 115 Å². The van der Waals surface area contributed by atoms with E-state index in [0.29, 0.717) is 17.0 Å². The van der Waals surface area contributed by atoms with Gasteiger partial charge in [-0.25, -0.2) is 0 Å². The molecule has 2 aromatic rings. The quantitative estimate of drug-likeness (QED) is 0.496. The summed E-state index contributed by atoms with van der Waals surface area (Å²) in [6.45, 7) is 0.183. The number of fused-ring (bicyclic) bond motifs is 2. The minimum atomic E-state index is -3.21. The van der Waals surface area contributed by atoms with Gasteiger partial charge < -0.3 is 0 Å². The number of rotatable bonds is 2. The van der Waals surface area contributed by atoms with Crippen molar-refractivity contribution >= 4 is 32.4 Å². The number of ether oxygens (including phenoxy) is 1. The molecule has 0 amide bonds. The Labute approximate surface area is 139 Å². The number of anilines is 1. The zero-order chi connectivity index (χ0) is 17.1. The van der Waals surface area contributed by atoms with Crippen LogP contribution in [-0.4, -0.2) is 76.1 Å². The number of aliphatic hydroxyl groups is 1. The third-order valence-electron chi connectivity index (χ3n) is 4.22. The third-order valence-corrected chi connectivity index (χ3v) is 5.63. The fourth-order valence-corrected chi connectivity index (χ4v) is 4.44. The molecule has 0 aromatic carbocycles. The van der Waals surface area contributed by atoms with Crippen LogP contribution in [0.3, 0.4) is 0 Å². The van der Waals surface area contributed by atoms with E-state index in [-0.39, 0.29) is 6.61 Å². The van der Waals surface area contributed by atoms with Crippen molar-refractivity contribution in [3.05, 3.63) is 12.7 Å². The molecule has 2 N–H and O–H groups in total. The SMILES string of the molecule is B[PH]1(O)OC[C@H]2O[C@@H](n3cnc4c(N(C)C)ncnc43)[C@@H](O)[C@H]2O1. The zero-order valence-electron chi connectivity index (χ0n) is 13.5. The molecule has 0 radical (unpaired) electrons. The van der Waals surface area contributed by atoms with Crippen molar-refractivity contribution in [3.8, 4) is 0 Å². The Kier molecular flexibility index (Phi) is 3.75. The van der Waals surface area contributed by atoms with Crippen molar-refractivity contribution in [2.24, 2.45) is 0 Å². The predicted octanol–water partition coefficient (Wildman–Crippen LogP) is -1.40. The van der Waals surface area contributed by atoms with E-state index in [9.17, 15) is 10.00 Å². The number of aromatic nitrogens is 4. The van der Waals surface area contributed by atoms with Crippen LogP contribution in [-0.2, 0) is 13.8 Å². The van der Waals surface area contributed by atoms with E-state index in [1.807, 2.05) is 19.0 Å². The van der Waals surface area contributed by atoms with Gasteiger partial charge in [0.25, 0.3) is 0 Å². The first-order chi connectivity index (χ1) is 11.4. The Bertz CT molecular complexity index is 773. The first-order valence-corrected chi connectivity index (χ1v) is 9.86. The fraction of sp³-hybridized carbons (Fsp3) is 0.583. The van der Waals surface area contributed by atoms with Crippen LogP contribution >= 0.6 is 7.82 Å². The van der Waals surface area contributed by atoms with Gasteiger partial charge in [-0.3, -0.25) is 0 Å². The molecule has 4 heterocycles. The second kappa shape index (κ2) is 5.58. The van der Waals surface area contributed by atoms with Gasteiger partial charge in [0.2, 0.25) is 0 Å². The van der Waals surface area contributed by atoms with Gasteiger partial charge in [0.05, 0.1) is 0 Å². The van der Waals surface area contributed by atoms with E-state index in [1.54, 1.807) is 10.9 Å². The van der Waals surface area contributed by atoms with Crippen molar-refractivity contribution < 1.29 is 23.8 Å². The molecule has 0 unspecified atom stereocenters. The molecular weight excluding hydrogens is 336 g/mol. The Morgan fingerprint density at radius 2 is 2.17 bits per heavy atom. The summed E-state index contributed by atoms with van der Waals surface area (Å²) in [6, 6.07) is 0. The molecule has 4 atom stereocenters. The van der Waals surface area contributed by atoms with Gasteiger partial charge in [-0.05, 0) is 0 Å². The fourth-order valence-electron chi connectivity index (χ4n) is 3.11. The molecule has 0 bridgehead atoms. The minimum absolute atomic E-state index is 0.183. The van der Waals surface area contributed by atoms with Crippen LogP contribution in [0, 0.1) is 0 Å². The zero-order valence-corrected chi connectivity index (χ0v) is 14.5. The van der Waals surface area contributed by atoms with Crippen molar-refractivity contribution in [1.29, 1.82) is 0 Å². The summed E-state index contributed by atoms with van der Waals surface area (Å²) in [5.74, 6) is 0.679. The van der Waals surface area contributed by atoms with Crippen molar-refractivity contribution in [2.75, 3.05) is 25.6 Å². The number of imidazole rings is 1.